The predicted octanol–water partition coefficient (Wildman–Crippen LogP) is 2.97. The molecule has 1 amide bonds. The molecule has 1 aromatic heterocycles. The van der Waals surface area contributed by atoms with Crippen LogP contribution in [-0.4, -0.2) is 23.5 Å². The summed E-state index contributed by atoms with van der Waals surface area (Å²) < 4.78 is 5.51. The third-order valence-electron chi connectivity index (χ3n) is 3.36. The highest BCUT2D eigenvalue weighted by molar-refractivity contribution is 5.96. The maximum atomic E-state index is 12.0. The maximum absolute atomic E-state index is 12.0. The fourth-order valence-corrected chi connectivity index (χ4v) is 2.10. The minimum Gasteiger partial charge on any atom is -0.481 e. The van der Waals surface area contributed by atoms with Gasteiger partial charge in [0.15, 0.2) is 5.76 Å². The summed E-state index contributed by atoms with van der Waals surface area (Å²) in [4.78, 5) is 22.5. The van der Waals surface area contributed by atoms with E-state index in [9.17, 15) is 9.59 Å². The van der Waals surface area contributed by atoms with Crippen molar-refractivity contribution in [3.63, 3.8) is 0 Å². The monoisotopic (exact) mass is 289 g/mol. The molecule has 0 aliphatic rings. The summed E-state index contributed by atoms with van der Waals surface area (Å²) >= 11 is 0. The van der Waals surface area contributed by atoms with Gasteiger partial charge < -0.3 is 14.8 Å². The van der Waals surface area contributed by atoms with E-state index in [1.165, 1.54) is 0 Å². The second kappa shape index (κ2) is 6.43. The summed E-state index contributed by atoms with van der Waals surface area (Å²) in [6, 6.07) is 7.46. The number of carboxylic acids is 1. The number of carbonyl (C=O) groups excluding carboxylic acids is 1. The number of hydrogen-bond donors (Lipinski definition) is 2. The molecule has 1 aromatic carbocycles. The molecular weight excluding hydrogens is 270 g/mol. The zero-order valence-corrected chi connectivity index (χ0v) is 12.2. The Morgan fingerprint density at radius 2 is 2.10 bits per heavy atom. The van der Waals surface area contributed by atoms with Gasteiger partial charge in [-0.3, -0.25) is 9.59 Å². The number of aliphatic carboxylic acids is 1. The van der Waals surface area contributed by atoms with Gasteiger partial charge in [0.05, 0.1) is 0 Å². The fraction of sp³-hybridized carbons (Fsp3) is 0.375. The van der Waals surface area contributed by atoms with Crippen molar-refractivity contribution in [1.29, 1.82) is 0 Å². The molecule has 2 aromatic rings. The lowest BCUT2D eigenvalue weighted by molar-refractivity contribution is -0.137. The van der Waals surface area contributed by atoms with Crippen LogP contribution in [-0.2, 0) is 4.79 Å². The van der Waals surface area contributed by atoms with Gasteiger partial charge in [0, 0.05) is 18.4 Å². The van der Waals surface area contributed by atoms with Crippen molar-refractivity contribution in [2.24, 2.45) is 5.92 Å². The SMILES string of the molecule is Cc1ccc2oc(C(=O)NCC(C)CCC(=O)O)cc2c1. The fourth-order valence-electron chi connectivity index (χ4n) is 2.10. The average molecular weight is 289 g/mol. The second-order valence-electron chi connectivity index (χ2n) is 5.40. The molecule has 5 heteroatoms. The Morgan fingerprint density at radius 3 is 2.81 bits per heavy atom. The van der Waals surface area contributed by atoms with Gasteiger partial charge in [0.2, 0.25) is 0 Å². The van der Waals surface area contributed by atoms with Crippen molar-refractivity contribution in [1.82, 2.24) is 5.32 Å². The molecule has 0 saturated heterocycles. The van der Waals surface area contributed by atoms with Gasteiger partial charge in [-0.2, -0.15) is 0 Å². The molecule has 0 aliphatic heterocycles. The predicted molar refractivity (Wildman–Crippen MR) is 79.3 cm³/mol. The van der Waals surface area contributed by atoms with Gasteiger partial charge in [0.1, 0.15) is 5.58 Å². The van der Waals surface area contributed by atoms with Gasteiger partial charge in [-0.1, -0.05) is 18.6 Å². The molecule has 0 radical (unpaired) electrons. The van der Waals surface area contributed by atoms with E-state index in [0.29, 0.717) is 18.5 Å². The van der Waals surface area contributed by atoms with Crippen molar-refractivity contribution in [2.75, 3.05) is 6.54 Å². The lowest BCUT2D eigenvalue weighted by Gasteiger charge is -2.10. The highest BCUT2D eigenvalue weighted by Gasteiger charge is 2.13. The van der Waals surface area contributed by atoms with Crippen LogP contribution < -0.4 is 5.32 Å². The van der Waals surface area contributed by atoms with E-state index < -0.39 is 5.97 Å². The lowest BCUT2D eigenvalue weighted by atomic mass is 10.1. The summed E-state index contributed by atoms with van der Waals surface area (Å²) in [6.45, 7) is 4.32. The number of carbonyl (C=O) groups is 2. The van der Waals surface area contributed by atoms with E-state index in [2.05, 4.69) is 5.32 Å². The summed E-state index contributed by atoms with van der Waals surface area (Å²) in [5.41, 5.74) is 1.79. The number of rotatable bonds is 6. The molecule has 21 heavy (non-hydrogen) atoms. The number of nitrogens with one attached hydrogen (secondary N) is 1. The van der Waals surface area contributed by atoms with Gasteiger partial charge in [-0.05, 0) is 37.5 Å². The van der Waals surface area contributed by atoms with Crippen LogP contribution >= 0.6 is 0 Å². The van der Waals surface area contributed by atoms with Crippen molar-refractivity contribution < 1.29 is 19.1 Å². The molecular formula is C16H19NO4. The Kier molecular flexibility index (Phi) is 4.62. The number of aryl methyl sites for hydroxylation is 1. The van der Waals surface area contributed by atoms with E-state index in [4.69, 9.17) is 9.52 Å². The van der Waals surface area contributed by atoms with E-state index in [1.807, 2.05) is 32.0 Å². The van der Waals surface area contributed by atoms with E-state index >= 15 is 0 Å². The first kappa shape index (κ1) is 15.1. The third kappa shape index (κ3) is 4.08. The smallest absolute Gasteiger partial charge is 0.303 e. The van der Waals surface area contributed by atoms with Crippen LogP contribution in [0.25, 0.3) is 11.0 Å². The third-order valence-corrected chi connectivity index (χ3v) is 3.36. The molecule has 0 spiro atoms. The summed E-state index contributed by atoms with van der Waals surface area (Å²) in [6.07, 6.45) is 0.649. The van der Waals surface area contributed by atoms with Gasteiger partial charge >= 0.3 is 5.97 Å². The number of amides is 1. The van der Waals surface area contributed by atoms with Crippen molar-refractivity contribution in [2.45, 2.75) is 26.7 Å². The number of furan rings is 1. The molecule has 0 bridgehead atoms. The van der Waals surface area contributed by atoms with Crippen molar-refractivity contribution in [3.05, 3.63) is 35.6 Å². The molecule has 1 heterocycles. The van der Waals surface area contributed by atoms with Gasteiger partial charge in [-0.25, -0.2) is 0 Å². The quantitative estimate of drug-likeness (QED) is 0.856. The standard InChI is InChI=1S/C16H19NO4/c1-10-3-5-13-12(7-10)8-14(21-13)16(20)17-9-11(2)4-6-15(18)19/h3,5,7-8,11H,4,6,9H2,1-2H3,(H,17,20)(H,18,19). The molecule has 5 nitrogen and oxygen atoms in total. The Bertz CT molecular complexity index is 659. The van der Waals surface area contributed by atoms with Crippen LogP contribution in [0.4, 0.5) is 0 Å². The zero-order chi connectivity index (χ0) is 15.4. The first-order valence-electron chi connectivity index (χ1n) is 6.96. The Morgan fingerprint density at radius 1 is 1.33 bits per heavy atom. The topological polar surface area (TPSA) is 79.5 Å². The van der Waals surface area contributed by atoms with Gasteiger partial charge in [-0.15, -0.1) is 0 Å². The van der Waals surface area contributed by atoms with Crippen LogP contribution in [0.15, 0.2) is 28.7 Å². The lowest BCUT2D eigenvalue weighted by Crippen LogP contribution is -2.28. The first-order chi connectivity index (χ1) is 9.95. The van der Waals surface area contributed by atoms with E-state index in [0.717, 1.165) is 10.9 Å². The molecule has 0 saturated carbocycles. The molecule has 2 N–H and O–H groups in total. The molecule has 0 aliphatic carbocycles. The van der Waals surface area contributed by atoms with E-state index in [-0.39, 0.29) is 24.0 Å². The minimum absolute atomic E-state index is 0.108. The van der Waals surface area contributed by atoms with Crippen LogP contribution in [0, 0.1) is 12.8 Å². The minimum atomic E-state index is -0.819. The zero-order valence-electron chi connectivity index (χ0n) is 12.2. The average Bonchev–Trinajstić information content (AvgIpc) is 2.85. The van der Waals surface area contributed by atoms with E-state index in [1.54, 1.807) is 6.07 Å². The van der Waals surface area contributed by atoms with Crippen molar-refractivity contribution in [3.8, 4) is 0 Å². The highest BCUT2D eigenvalue weighted by Crippen LogP contribution is 2.20. The number of hydrogen-bond acceptors (Lipinski definition) is 3. The Hall–Kier alpha value is -2.30. The number of benzene rings is 1. The van der Waals surface area contributed by atoms with Crippen LogP contribution in [0.2, 0.25) is 0 Å². The normalized spacial score (nSPS) is 12.3. The molecule has 1 atom stereocenters. The van der Waals surface area contributed by atoms with Crippen molar-refractivity contribution >= 4 is 22.8 Å². The van der Waals surface area contributed by atoms with Gasteiger partial charge in [0.25, 0.3) is 5.91 Å². The summed E-state index contributed by atoms with van der Waals surface area (Å²) in [5.74, 6) is -0.704. The summed E-state index contributed by atoms with van der Waals surface area (Å²) in [7, 11) is 0. The maximum Gasteiger partial charge on any atom is 0.303 e. The summed E-state index contributed by atoms with van der Waals surface area (Å²) in [5, 5.41) is 12.3. The largest absolute Gasteiger partial charge is 0.481 e. The van der Waals surface area contributed by atoms with Crippen LogP contribution in [0.5, 0.6) is 0 Å². The molecule has 2 rings (SSSR count). The Labute approximate surface area is 122 Å². The molecule has 1 unspecified atom stereocenters. The highest BCUT2D eigenvalue weighted by atomic mass is 16.4. The number of fused-ring (bicyclic) bond motifs is 1. The molecule has 112 valence electrons. The Balaban J connectivity index is 1.94. The van der Waals surface area contributed by atoms with Crippen LogP contribution in [0.3, 0.4) is 0 Å². The second-order valence-corrected chi connectivity index (χ2v) is 5.40. The van der Waals surface area contributed by atoms with Crippen LogP contribution in [0.1, 0.15) is 35.9 Å². The first-order valence-corrected chi connectivity index (χ1v) is 6.96. The molecule has 0 fully saturated rings. The number of carboxylic acid groups (broad SMARTS) is 1.